The molecule has 0 unspecified atom stereocenters. The van der Waals surface area contributed by atoms with Gasteiger partial charge < -0.3 is 19.8 Å². The van der Waals surface area contributed by atoms with Crippen LogP contribution in [0.2, 0.25) is 0 Å². The number of nitrogens with one attached hydrogen (secondary N) is 2. The van der Waals surface area contributed by atoms with Crippen LogP contribution in [0.4, 0.5) is 0 Å². The predicted octanol–water partition coefficient (Wildman–Crippen LogP) is 2.52. The molecule has 2 rings (SSSR count). The van der Waals surface area contributed by atoms with Crippen LogP contribution >= 0.6 is 15.9 Å². The molecule has 8 heteroatoms. The fourth-order valence-corrected chi connectivity index (χ4v) is 2.29. The van der Waals surface area contributed by atoms with Gasteiger partial charge in [0.25, 0.3) is 11.8 Å². The van der Waals surface area contributed by atoms with E-state index in [2.05, 4.69) is 26.6 Å². The van der Waals surface area contributed by atoms with Gasteiger partial charge in [0.1, 0.15) is 5.75 Å². The maximum atomic E-state index is 12.0. The minimum absolute atomic E-state index is 0.221. The van der Waals surface area contributed by atoms with Gasteiger partial charge in [-0.25, -0.2) is 0 Å². The van der Waals surface area contributed by atoms with Crippen molar-refractivity contribution in [2.24, 2.45) is 0 Å². The topological polar surface area (TPSA) is 97.6 Å². The maximum Gasteiger partial charge on any atom is 0.308 e. The minimum atomic E-state index is -0.447. The van der Waals surface area contributed by atoms with Gasteiger partial charge in [-0.1, -0.05) is 6.07 Å². The Morgan fingerprint density at radius 1 is 1.08 bits per heavy atom. The van der Waals surface area contributed by atoms with Gasteiger partial charge in [-0.3, -0.25) is 14.4 Å². The number of ether oxygens (including phenoxy) is 1. The van der Waals surface area contributed by atoms with Gasteiger partial charge in [-0.15, -0.1) is 0 Å². The zero-order valence-corrected chi connectivity index (χ0v) is 15.1. The summed E-state index contributed by atoms with van der Waals surface area (Å²) in [4.78, 5) is 34.7. The van der Waals surface area contributed by atoms with Gasteiger partial charge in [0.15, 0.2) is 10.4 Å². The van der Waals surface area contributed by atoms with Crippen molar-refractivity contribution in [3.05, 3.63) is 52.4 Å². The average molecular weight is 409 g/mol. The number of hydrogen-bond acceptors (Lipinski definition) is 5. The first kappa shape index (κ1) is 18.7. The zero-order chi connectivity index (χ0) is 18.2. The number of amides is 2. The summed E-state index contributed by atoms with van der Waals surface area (Å²) >= 11 is 3.13. The number of furan rings is 1. The molecule has 1 aromatic heterocycles. The number of halogens is 1. The molecule has 0 atom stereocenters. The third-order valence-corrected chi connectivity index (χ3v) is 3.51. The highest BCUT2D eigenvalue weighted by Crippen LogP contribution is 2.14. The molecule has 0 saturated carbocycles. The van der Waals surface area contributed by atoms with Crippen molar-refractivity contribution in [3.8, 4) is 5.75 Å². The van der Waals surface area contributed by atoms with E-state index in [0.29, 0.717) is 35.5 Å². The Kier molecular flexibility index (Phi) is 6.76. The molecule has 0 aliphatic rings. The first-order valence-corrected chi connectivity index (χ1v) is 8.35. The predicted molar refractivity (Wildman–Crippen MR) is 93.4 cm³/mol. The smallest absolute Gasteiger partial charge is 0.308 e. The Morgan fingerprint density at radius 3 is 2.44 bits per heavy atom. The van der Waals surface area contributed by atoms with E-state index in [1.54, 1.807) is 30.3 Å². The summed E-state index contributed by atoms with van der Waals surface area (Å²) in [5.74, 6) is -0.506. The largest absolute Gasteiger partial charge is 0.444 e. The van der Waals surface area contributed by atoms with Gasteiger partial charge >= 0.3 is 5.97 Å². The molecule has 1 heterocycles. The fourth-order valence-electron chi connectivity index (χ4n) is 1.98. The summed E-state index contributed by atoms with van der Waals surface area (Å²) in [6.45, 7) is 2.08. The molecule has 0 aliphatic carbocycles. The minimum Gasteiger partial charge on any atom is -0.444 e. The standard InChI is InChI=1S/C17H17BrN2O5/c1-11(21)24-13-5-2-4-12(10-13)16(22)19-8-3-9-20-17(23)14-6-7-15(18)25-14/h2,4-7,10H,3,8-9H2,1H3,(H,19,22)(H,20,23). The lowest BCUT2D eigenvalue weighted by atomic mass is 10.2. The fraction of sp³-hybridized carbons (Fsp3) is 0.235. The molecule has 1 aromatic carbocycles. The van der Waals surface area contributed by atoms with Crippen molar-refractivity contribution < 1.29 is 23.5 Å². The molecule has 0 aliphatic heterocycles. The molecule has 2 N–H and O–H groups in total. The highest BCUT2D eigenvalue weighted by molar-refractivity contribution is 9.10. The second-order valence-electron chi connectivity index (χ2n) is 5.09. The second kappa shape index (κ2) is 9.03. The quantitative estimate of drug-likeness (QED) is 0.416. The third kappa shape index (κ3) is 6.07. The van der Waals surface area contributed by atoms with E-state index in [1.807, 2.05) is 0 Å². The molecule has 0 spiro atoms. The Balaban J connectivity index is 1.72. The van der Waals surface area contributed by atoms with Crippen molar-refractivity contribution in [2.45, 2.75) is 13.3 Å². The van der Waals surface area contributed by atoms with Crippen LogP contribution < -0.4 is 15.4 Å². The van der Waals surface area contributed by atoms with E-state index in [0.717, 1.165) is 0 Å². The summed E-state index contributed by atoms with van der Waals surface area (Å²) in [6, 6.07) is 9.55. The van der Waals surface area contributed by atoms with Crippen molar-refractivity contribution in [1.82, 2.24) is 10.6 Å². The lowest BCUT2D eigenvalue weighted by Crippen LogP contribution is -2.29. The third-order valence-electron chi connectivity index (χ3n) is 3.08. The van der Waals surface area contributed by atoms with E-state index >= 15 is 0 Å². The molecule has 7 nitrogen and oxygen atoms in total. The summed E-state index contributed by atoms with van der Waals surface area (Å²) in [5, 5.41) is 5.43. The van der Waals surface area contributed by atoms with E-state index in [-0.39, 0.29) is 17.6 Å². The van der Waals surface area contributed by atoms with Crippen molar-refractivity contribution in [1.29, 1.82) is 0 Å². The first-order chi connectivity index (χ1) is 12.0. The van der Waals surface area contributed by atoms with Crippen LogP contribution in [0.15, 0.2) is 45.5 Å². The SMILES string of the molecule is CC(=O)Oc1cccc(C(=O)NCCCNC(=O)c2ccc(Br)o2)c1. The Hall–Kier alpha value is -2.61. The normalized spacial score (nSPS) is 10.2. The van der Waals surface area contributed by atoms with Crippen molar-refractivity contribution in [2.75, 3.05) is 13.1 Å². The molecule has 0 saturated heterocycles. The summed E-state index contributed by atoms with van der Waals surface area (Å²) < 4.78 is 10.6. The van der Waals surface area contributed by atoms with Crippen LogP contribution in [0.5, 0.6) is 5.75 Å². The van der Waals surface area contributed by atoms with E-state index in [4.69, 9.17) is 9.15 Å². The Morgan fingerprint density at radius 2 is 1.80 bits per heavy atom. The van der Waals surface area contributed by atoms with Crippen LogP contribution in [0.1, 0.15) is 34.3 Å². The van der Waals surface area contributed by atoms with Crippen molar-refractivity contribution >= 4 is 33.7 Å². The van der Waals surface area contributed by atoms with Gasteiger partial charge in [0.2, 0.25) is 0 Å². The number of carbonyl (C=O) groups is 3. The molecular formula is C17H17BrN2O5. The molecule has 0 bridgehead atoms. The second-order valence-corrected chi connectivity index (χ2v) is 5.87. The number of benzene rings is 1. The highest BCUT2D eigenvalue weighted by Gasteiger charge is 2.10. The molecule has 0 radical (unpaired) electrons. The Bertz CT molecular complexity index is 772. The lowest BCUT2D eigenvalue weighted by molar-refractivity contribution is -0.131. The molecule has 132 valence electrons. The summed E-state index contributed by atoms with van der Waals surface area (Å²) in [5.41, 5.74) is 0.392. The van der Waals surface area contributed by atoms with E-state index in [1.165, 1.54) is 13.0 Å². The van der Waals surface area contributed by atoms with Gasteiger partial charge in [0.05, 0.1) is 0 Å². The Labute approximate surface area is 152 Å². The van der Waals surface area contributed by atoms with Crippen LogP contribution in [-0.4, -0.2) is 30.9 Å². The maximum absolute atomic E-state index is 12.0. The molecular weight excluding hydrogens is 392 g/mol. The number of esters is 1. The van der Waals surface area contributed by atoms with E-state index in [9.17, 15) is 14.4 Å². The van der Waals surface area contributed by atoms with Crippen molar-refractivity contribution in [3.63, 3.8) is 0 Å². The highest BCUT2D eigenvalue weighted by atomic mass is 79.9. The monoisotopic (exact) mass is 408 g/mol. The van der Waals surface area contributed by atoms with Gasteiger partial charge in [-0.2, -0.15) is 0 Å². The summed E-state index contributed by atoms with van der Waals surface area (Å²) in [6.07, 6.45) is 0.559. The lowest BCUT2D eigenvalue weighted by Gasteiger charge is -2.07. The van der Waals surface area contributed by atoms with Gasteiger partial charge in [0, 0.05) is 25.6 Å². The van der Waals surface area contributed by atoms with E-state index < -0.39 is 5.97 Å². The van der Waals surface area contributed by atoms with Gasteiger partial charge in [-0.05, 0) is 52.7 Å². The van der Waals surface area contributed by atoms with Crippen LogP contribution in [-0.2, 0) is 4.79 Å². The van der Waals surface area contributed by atoms with Crippen LogP contribution in [0, 0.1) is 0 Å². The number of hydrogen-bond donors (Lipinski definition) is 2. The molecule has 2 amide bonds. The molecule has 2 aromatic rings. The molecule has 25 heavy (non-hydrogen) atoms. The number of rotatable bonds is 7. The first-order valence-electron chi connectivity index (χ1n) is 7.56. The van der Waals surface area contributed by atoms with Crippen LogP contribution in [0.3, 0.4) is 0 Å². The number of carbonyl (C=O) groups excluding carboxylic acids is 3. The summed E-state index contributed by atoms with van der Waals surface area (Å²) in [7, 11) is 0. The average Bonchev–Trinajstić information content (AvgIpc) is 3.00. The molecule has 0 fully saturated rings. The zero-order valence-electron chi connectivity index (χ0n) is 13.5. The van der Waals surface area contributed by atoms with Crippen LogP contribution in [0.25, 0.3) is 0 Å².